The number of piperidine rings is 1. The summed E-state index contributed by atoms with van der Waals surface area (Å²) in [6, 6.07) is 10.4. The largest absolute Gasteiger partial charge is 0.356 e. The molecule has 0 N–H and O–H groups in total. The lowest BCUT2D eigenvalue weighted by Crippen LogP contribution is -2.34. The molecule has 100 valence electrons. The van der Waals surface area contributed by atoms with E-state index in [1.165, 1.54) is 23.8 Å². The fourth-order valence-electron chi connectivity index (χ4n) is 2.90. The van der Waals surface area contributed by atoms with Crippen LogP contribution < -0.4 is 4.90 Å². The molecule has 2 nitrogen and oxygen atoms in total. The molecule has 1 unspecified atom stereocenters. The van der Waals surface area contributed by atoms with E-state index in [1.807, 2.05) is 12.1 Å². The summed E-state index contributed by atoms with van der Waals surface area (Å²) in [5.74, 6) is 2.38. The third-order valence-corrected chi connectivity index (χ3v) is 4.20. The van der Waals surface area contributed by atoms with Crippen molar-refractivity contribution < 1.29 is 0 Å². The van der Waals surface area contributed by atoms with Crippen molar-refractivity contribution in [2.45, 2.75) is 25.6 Å². The van der Waals surface area contributed by atoms with Crippen LogP contribution in [0.2, 0.25) is 0 Å². The molecule has 3 rings (SSSR count). The van der Waals surface area contributed by atoms with Crippen LogP contribution in [-0.4, -0.2) is 18.1 Å². The van der Waals surface area contributed by atoms with Crippen molar-refractivity contribution in [3.8, 4) is 0 Å². The maximum Gasteiger partial charge on any atom is 0.129 e. The highest BCUT2D eigenvalue weighted by molar-refractivity contribution is 6.18. The number of aromatic nitrogens is 1. The zero-order valence-corrected chi connectivity index (χ0v) is 12.0. The van der Waals surface area contributed by atoms with E-state index in [-0.39, 0.29) is 0 Å². The Bertz CT molecular complexity index is 582. The maximum atomic E-state index is 6.10. The second kappa shape index (κ2) is 5.38. The first-order valence-electron chi connectivity index (χ1n) is 6.97. The smallest absolute Gasteiger partial charge is 0.129 e. The summed E-state index contributed by atoms with van der Waals surface area (Å²) in [5, 5.41) is 1.17. The van der Waals surface area contributed by atoms with Crippen LogP contribution in [-0.2, 0) is 5.88 Å². The highest BCUT2D eigenvalue weighted by atomic mass is 35.5. The number of nitrogens with zero attached hydrogens (tertiary/aromatic N) is 2. The van der Waals surface area contributed by atoms with Crippen LogP contribution in [0.25, 0.3) is 10.9 Å². The summed E-state index contributed by atoms with van der Waals surface area (Å²) in [4.78, 5) is 7.21. The van der Waals surface area contributed by atoms with E-state index in [4.69, 9.17) is 16.6 Å². The summed E-state index contributed by atoms with van der Waals surface area (Å²) >= 11 is 6.10. The Morgan fingerprint density at radius 2 is 2.21 bits per heavy atom. The van der Waals surface area contributed by atoms with Gasteiger partial charge in [0.15, 0.2) is 0 Å². The van der Waals surface area contributed by atoms with Gasteiger partial charge in [0, 0.05) is 24.4 Å². The average Bonchev–Trinajstić information content (AvgIpc) is 2.46. The molecule has 2 heterocycles. The number of rotatable bonds is 2. The van der Waals surface area contributed by atoms with Gasteiger partial charge < -0.3 is 4.90 Å². The first-order chi connectivity index (χ1) is 9.28. The molecule has 0 amide bonds. The molecular formula is C16H19ClN2. The van der Waals surface area contributed by atoms with Gasteiger partial charge in [-0.3, -0.25) is 0 Å². The van der Waals surface area contributed by atoms with E-state index in [0.29, 0.717) is 5.88 Å². The number of hydrogen-bond acceptors (Lipinski definition) is 2. The molecule has 1 aliphatic heterocycles. The minimum atomic E-state index is 0.541. The molecule has 3 heteroatoms. The minimum absolute atomic E-state index is 0.541. The summed E-state index contributed by atoms with van der Waals surface area (Å²) in [7, 11) is 0. The molecule has 0 spiro atoms. The summed E-state index contributed by atoms with van der Waals surface area (Å²) < 4.78 is 0. The Balaban J connectivity index is 2.04. The van der Waals surface area contributed by atoms with Gasteiger partial charge in [0.1, 0.15) is 5.82 Å². The second-order valence-corrected chi connectivity index (χ2v) is 5.75. The van der Waals surface area contributed by atoms with Crippen LogP contribution in [0.4, 0.5) is 5.82 Å². The maximum absolute atomic E-state index is 6.10. The number of fused-ring (bicyclic) bond motifs is 1. The standard InChI is InChI=1S/C16H19ClN2/c1-12-5-4-8-19(11-12)16-9-13(10-17)14-6-2-3-7-15(14)18-16/h2-3,6-7,9,12H,4-5,8,10-11H2,1H3. The molecule has 0 saturated carbocycles. The lowest BCUT2D eigenvalue weighted by atomic mass is 10.00. The molecule has 0 aliphatic carbocycles. The molecule has 1 saturated heterocycles. The van der Waals surface area contributed by atoms with Crippen molar-refractivity contribution in [3.05, 3.63) is 35.9 Å². The van der Waals surface area contributed by atoms with Crippen molar-refractivity contribution in [1.29, 1.82) is 0 Å². The summed E-state index contributed by atoms with van der Waals surface area (Å²) in [6.07, 6.45) is 2.58. The monoisotopic (exact) mass is 274 g/mol. The van der Waals surface area contributed by atoms with Gasteiger partial charge >= 0.3 is 0 Å². The number of alkyl halides is 1. The SMILES string of the molecule is CC1CCCN(c2cc(CCl)c3ccccc3n2)C1. The zero-order chi connectivity index (χ0) is 13.2. The highest BCUT2D eigenvalue weighted by Crippen LogP contribution is 2.27. The predicted molar refractivity (Wildman–Crippen MR) is 81.9 cm³/mol. The van der Waals surface area contributed by atoms with Crippen molar-refractivity contribution >= 4 is 28.3 Å². The number of anilines is 1. The number of hydrogen-bond donors (Lipinski definition) is 0. The van der Waals surface area contributed by atoms with Gasteiger partial charge in [-0.1, -0.05) is 25.1 Å². The first kappa shape index (κ1) is 12.7. The van der Waals surface area contributed by atoms with Gasteiger partial charge in [0.25, 0.3) is 0 Å². The molecule has 0 bridgehead atoms. The number of para-hydroxylation sites is 1. The molecule has 2 aromatic rings. The molecule has 1 aliphatic rings. The van der Waals surface area contributed by atoms with Crippen molar-refractivity contribution in [1.82, 2.24) is 4.98 Å². The zero-order valence-electron chi connectivity index (χ0n) is 11.3. The van der Waals surface area contributed by atoms with E-state index in [1.54, 1.807) is 0 Å². The Kier molecular flexibility index (Phi) is 3.61. The predicted octanol–water partition coefficient (Wildman–Crippen LogP) is 4.21. The van der Waals surface area contributed by atoms with Gasteiger partial charge in [-0.15, -0.1) is 11.6 Å². The highest BCUT2D eigenvalue weighted by Gasteiger charge is 2.18. The molecule has 1 fully saturated rings. The van der Waals surface area contributed by atoms with E-state index < -0.39 is 0 Å². The van der Waals surface area contributed by atoms with Gasteiger partial charge in [0.2, 0.25) is 0 Å². The van der Waals surface area contributed by atoms with Crippen molar-refractivity contribution in [3.63, 3.8) is 0 Å². The Labute approximate surface area is 119 Å². The molecule has 1 aromatic carbocycles. The third kappa shape index (κ3) is 2.55. The average molecular weight is 275 g/mol. The van der Waals surface area contributed by atoms with Crippen LogP contribution in [0.3, 0.4) is 0 Å². The quantitative estimate of drug-likeness (QED) is 0.763. The van der Waals surface area contributed by atoms with Gasteiger partial charge in [-0.2, -0.15) is 0 Å². The van der Waals surface area contributed by atoms with Gasteiger partial charge in [0.05, 0.1) is 5.52 Å². The van der Waals surface area contributed by atoms with Gasteiger partial charge in [-0.05, 0) is 36.5 Å². The van der Waals surface area contributed by atoms with Crippen LogP contribution in [0.1, 0.15) is 25.3 Å². The van der Waals surface area contributed by atoms with Crippen LogP contribution in [0.15, 0.2) is 30.3 Å². The fraction of sp³-hybridized carbons (Fsp3) is 0.438. The van der Waals surface area contributed by atoms with Crippen LogP contribution in [0.5, 0.6) is 0 Å². The van der Waals surface area contributed by atoms with Crippen molar-refractivity contribution in [2.24, 2.45) is 5.92 Å². The van der Waals surface area contributed by atoms with Crippen LogP contribution in [0, 0.1) is 5.92 Å². The molecular weight excluding hydrogens is 256 g/mol. The fourth-order valence-corrected chi connectivity index (χ4v) is 3.12. The summed E-state index contributed by atoms with van der Waals surface area (Å²) in [6.45, 7) is 4.53. The lowest BCUT2D eigenvalue weighted by molar-refractivity contribution is 0.445. The molecule has 19 heavy (non-hydrogen) atoms. The Morgan fingerprint density at radius 1 is 1.37 bits per heavy atom. The third-order valence-electron chi connectivity index (χ3n) is 3.91. The van der Waals surface area contributed by atoms with E-state index in [0.717, 1.165) is 30.3 Å². The Hall–Kier alpha value is -1.28. The first-order valence-corrected chi connectivity index (χ1v) is 7.51. The van der Waals surface area contributed by atoms with Crippen molar-refractivity contribution in [2.75, 3.05) is 18.0 Å². The number of pyridine rings is 1. The van der Waals surface area contributed by atoms with E-state index in [2.05, 4.69) is 30.0 Å². The topological polar surface area (TPSA) is 16.1 Å². The lowest BCUT2D eigenvalue weighted by Gasteiger charge is -2.32. The molecule has 1 atom stereocenters. The summed E-state index contributed by atoms with van der Waals surface area (Å²) in [5.41, 5.74) is 2.23. The minimum Gasteiger partial charge on any atom is -0.356 e. The van der Waals surface area contributed by atoms with E-state index in [9.17, 15) is 0 Å². The Morgan fingerprint density at radius 3 is 3.00 bits per heavy atom. The molecule has 1 aromatic heterocycles. The number of halogens is 1. The number of benzene rings is 1. The normalized spacial score (nSPS) is 19.9. The second-order valence-electron chi connectivity index (χ2n) is 5.48. The van der Waals surface area contributed by atoms with Crippen LogP contribution >= 0.6 is 11.6 Å². The van der Waals surface area contributed by atoms with E-state index >= 15 is 0 Å². The van der Waals surface area contributed by atoms with Gasteiger partial charge in [-0.25, -0.2) is 4.98 Å². The molecule has 0 radical (unpaired) electrons.